The zero-order valence-electron chi connectivity index (χ0n) is 10.6. The average Bonchev–Trinajstić information content (AvgIpc) is 2.91. The van der Waals surface area contributed by atoms with Gasteiger partial charge in [-0.05, 0) is 52.3 Å². The third-order valence-corrected chi connectivity index (χ3v) is 3.92. The molecule has 0 saturated heterocycles. The van der Waals surface area contributed by atoms with Crippen molar-refractivity contribution in [3.8, 4) is 5.75 Å². The predicted octanol–water partition coefficient (Wildman–Crippen LogP) is 2.49. The van der Waals surface area contributed by atoms with Crippen LogP contribution in [-0.2, 0) is 4.79 Å². The van der Waals surface area contributed by atoms with Crippen LogP contribution in [0.15, 0.2) is 40.2 Å². The Morgan fingerprint density at radius 2 is 1.86 bits per heavy atom. The van der Waals surface area contributed by atoms with Crippen LogP contribution >= 0.6 is 27.3 Å². The number of halogens is 2. The molecule has 0 unspecified atom stereocenters. The number of rotatable bonds is 4. The first-order valence-corrected chi connectivity index (χ1v) is 7.38. The molecule has 5 nitrogen and oxygen atoms in total. The molecule has 0 aliphatic rings. The van der Waals surface area contributed by atoms with Crippen LogP contribution in [0.25, 0.3) is 0 Å². The van der Waals surface area contributed by atoms with Gasteiger partial charge in [-0.2, -0.15) is 0 Å². The zero-order chi connectivity index (χ0) is 15.2. The summed E-state index contributed by atoms with van der Waals surface area (Å²) in [6, 6.07) is 8.63. The smallest absolute Gasteiger partial charge is 0.279 e. The average molecular weight is 373 g/mol. The predicted molar refractivity (Wildman–Crippen MR) is 79.5 cm³/mol. The molecule has 110 valence electrons. The Morgan fingerprint density at radius 3 is 2.48 bits per heavy atom. The van der Waals surface area contributed by atoms with Crippen molar-refractivity contribution in [1.82, 2.24) is 10.9 Å². The molecule has 2 N–H and O–H groups in total. The molecule has 1 aromatic heterocycles. The second-order valence-corrected chi connectivity index (χ2v) is 6.31. The highest BCUT2D eigenvalue weighted by atomic mass is 79.9. The lowest BCUT2D eigenvalue weighted by Gasteiger charge is -2.08. The van der Waals surface area contributed by atoms with Gasteiger partial charge >= 0.3 is 0 Å². The molecule has 0 fully saturated rings. The van der Waals surface area contributed by atoms with E-state index in [1.165, 1.54) is 35.6 Å². The summed E-state index contributed by atoms with van der Waals surface area (Å²) in [5.41, 5.74) is 4.49. The zero-order valence-corrected chi connectivity index (χ0v) is 13.0. The first kappa shape index (κ1) is 15.5. The van der Waals surface area contributed by atoms with Crippen molar-refractivity contribution in [2.45, 2.75) is 0 Å². The molecule has 0 radical (unpaired) electrons. The first-order valence-electron chi connectivity index (χ1n) is 5.77. The lowest BCUT2D eigenvalue weighted by atomic mass is 10.3. The van der Waals surface area contributed by atoms with Gasteiger partial charge in [0.15, 0.2) is 6.61 Å². The van der Waals surface area contributed by atoms with Crippen LogP contribution in [0, 0.1) is 5.82 Å². The van der Waals surface area contributed by atoms with E-state index in [1.54, 1.807) is 12.1 Å². The van der Waals surface area contributed by atoms with E-state index < -0.39 is 11.8 Å². The largest absolute Gasteiger partial charge is 0.484 e. The van der Waals surface area contributed by atoms with E-state index in [4.69, 9.17) is 4.74 Å². The molecular weight excluding hydrogens is 363 g/mol. The molecule has 0 saturated carbocycles. The van der Waals surface area contributed by atoms with Gasteiger partial charge in [-0.25, -0.2) is 4.39 Å². The number of carbonyl (C=O) groups is 2. The van der Waals surface area contributed by atoms with Gasteiger partial charge < -0.3 is 4.74 Å². The van der Waals surface area contributed by atoms with Gasteiger partial charge in [0, 0.05) is 0 Å². The molecule has 2 amide bonds. The number of amides is 2. The van der Waals surface area contributed by atoms with Crippen molar-refractivity contribution >= 4 is 39.1 Å². The van der Waals surface area contributed by atoms with E-state index in [0.717, 1.165) is 3.79 Å². The summed E-state index contributed by atoms with van der Waals surface area (Å²) < 4.78 is 18.6. The van der Waals surface area contributed by atoms with Crippen LogP contribution in [0.2, 0.25) is 0 Å². The first-order chi connectivity index (χ1) is 10.0. The van der Waals surface area contributed by atoms with E-state index in [0.29, 0.717) is 10.6 Å². The number of hydrogen-bond donors (Lipinski definition) is 2. The number of thiophene rings is 1. The van der Waals surface area contributed by atoms with Gasteiger partial charge in [0.2, 0.25) is 0 Å². The Bertz CT molecular complexity index is 645. The van der Waals surface area contributed by atoms with Crippen LogP contribution < -0.4 is 15.6 Å². The maximum Gasteiger partial charge on any atom is 0.279 e. The fraction of sp³-hybridized carbons (Fsp3) is 0.0769. The molecule has 0 aliphatic heterocycles. The summed E-state index contributed by atoms with van der Waals surface area (Å²) in [6.07, 6.45) is 0. The molecule has 2 rings (SSSR count). The van der Waals surface area contributed by atoms with E-state index in [9.17, 15) is 14.0 Å². The van der Waals surface area contributed by atoms with E-state index in [2.05, 4.69) is 26.8 Å². The number of nitrogens with one attached hydrogen (secondary N) is 2. The number of ether oxygens (including phenoxy) is 1. The third kappa shape index (κ3) is 4.83. The quantitative estimate of drug-likeness (QED) is 0.810. The minimum atomic E-state index is -0.525. The van der Waals surface area contributed by atoms with Gasteiger partial charge in [0.1, 0.15) is 11.6 Å². The second kappa shape index (κ2) is 7.19. The number of carbonyl (C=O) groups excluding carboxylic acids is 2. The van der Waals surface area contributed by atoms with E-state index in [1.807, 2.05) is 0 Å². The molecular formula is C13H10BrFN2O3S. The van der Waals surface area contributed by atoms with Gasteiger partial charge in [0.25, 0.3) is 11.8 Å². The number of benzene rings is 1. The Balaban J connectivity index is 1.74. The lowest BCUT2D eigenvalue weighted by molar-refractivity contribution is -0.123. The van der Waals surface area contributed by atoms with Crippen LogP contribution in [-0.4, -0.2) is 18.4 Å². The molecule has 21 heavy (non-hydrogen) atoms. The van der Waals surface area contributed by atoms with Gasteiger partial charge in [-0.3, -0.25) is 20.4 Å². The molecule has 0 atom stereocenters. The molecule has 1 heterocycles. The summed E-state index contributed by atoms with van der Waals surface area (Å²) in [4.78, 5) is 23.6. The summed E-state index contributed by atoms with van der Waals surface area (Å²) in [7, 11) is 0. The van der Waals surface area contributed by atoms with E-state index in [-0.39, 0.29) is 12.4 Å². The topological polar surface area (TPSA) is 67.4 Å². The summed E-state index contributed by atoms with van der Waals surface area (Å²) in [5.74, 6) is -0.967. The van der Waals surface area contributed by atoms with Gasteiger partial charge in [-0.1, -0.05) is 0 Å². The Morgan fingerprint density at radius 1 is 1.14 bits per heavy atom. The highest BCUT2D eigenvalue weighted by Crippen LogP contribution is 2.21. The SMILES string of the molecule is O=C(COc1ccc(F)cc1)NNC(=O)c1ccc(Br)s1. The fourth-order valence-electron chi connectivity index (χ4n) is 1.34. The van der Waals surface area contributed by atoms with Gasteiger partial charge in [-0.15, -0.1) is 11.3 Å². The highest BCUT2D eigenvalue weighted by molar-refractivity contribution is 9.11. The van der Waals surface area contributed by atoms with Crippen molar-refractivity contribution in [3.05, 3.63) is 50.9 Å². The summed E-state index contributed by atoms with van der Waals surface area (Å²) in [6.45, 7) is -0.292. The summed E-state index contributed by atoms with van der Waals surface area (Å²) >= 11 is 4.49. The third-order valence-electron chi connectivity index (χ3n) is 2.30. The van der Waals surface area contributed by atoms with Crippen LogP contribution in [0.5, 0.6) is 5.75 Å². The highest BCUT2D eigenvalue weighted by Gasteiger charge is 2.10. The van der Waals surface area contributed by atoms with Crippen LogP contribution in [0.3, 0.4) is 0 Å². The normalized spacial score (nSPS) is 10.0. The molecule has 2 aromatic rings. The fourth-order valence-corrected chi connectivity index (χ4v) is 2.62. The lowest BCUT2D eigenvalue weighted by Crippen LogP contribution is -2.43. The van der Waals surface area contributed by atoms with E-state index >= 15 is 0 Å². The monoisotopic (exact) mass is 372 g/mol. The van der Waals surface area contributed by atoms with Crippen LogP contribution in [0.1, 0.15) is 9.67 Å². The Hall–Kier alpha value is -1.93. The van der Waals surface area contributed by atoms with Crippen molar-refractivity contribution in [1.29, 1.82) is 0 Å². The Labute approximate surface area is 132 Å². The van der Waals surface area contributed by atoms with Gasteiger partial charge in [0.05, 0.1) is 8.66 Å². The maximum absolute atomic E-state index is 12.7. The molecule has 8 heteroatoms. The number of hydrogen-bond acceptors (Lipinski definition) is 4. The molecule has 0 spiro atoms. The maximum atomic E-state index is 12.7. The summed E-state index contributed by atoms with van der Waals surface area (Å²) in [5, 5.41) is 0. The molecule has 1 aromatic carbocycles. The van der Waals surface area contributed by atoms with Crippen molar-refractivity contribution in [2.75, 3.05) is 6.61 Å². The molecule has 0 bridgehead atoms. The Kier molecular flexibility index (Phi) is 5.29. The van der Waals surface area contributed by atoms with Crippen molar-refractivity contribution < 1.29 is 18.7 Å². The van der Waals surface area contributed by atoms with Crippen molar-refractivity contribution in [3.63, 3.8) is 0 Å². The standard InChI is InChI=1S/C13H10BrFN2O3S/c14-11-6-5-10(21-11)13(19)17-16-12(18)7-20-9-3-1-8(15)2-4-9/h1-6H,7H2,(H,16,18)(H,17,19). The minimum Gasteiger partial charge on any atom is -0.484 e. The van der Waals surface area contributed by atoms with Crippen LogP contribution in [0.4, 0.5) is 4.39 Å². The minimum absolute atomic E-state index is 0.292. The molecule has 0 aliphatic carbocycles. The van der Waals surface area contributed by atoms with Crippen molar-refractivity contribution in [2.24, 2.45) is 0 Å². The number of hydrazine groups is 1. The second-order valence-electron chi connectivity index (χ2n) is 3.85.